The molecule has 1 aliphatic heterocycles. The van der Waals surface area contributed by atoms with Gasteiger partial charge in [0.15, 0.2) is 12.4 Å². The molecule has 0 unspecified atom stereocenters. The minimum Gasteiger partial charge on any atom is -0.483 e. The van der Waals surface area contributed by atoms with Crippen molar-refractivity contribution in [3.05, 3.63) is 23.3 Å². The van der Waals surface area contributed by atoms with Crippen molar-refractivity contribution in [2.45, 2.75) is 26.7 Å². The zero-order chi connectivity index (χ0) is 18.4. The number of carbonyl (C=O) groups excluding carboxylic acids is 1. The van der Waals surface area contributed by atoms with E-state index in [0.29, 0.717) is 11.4 Å². The molecule has 0 atom stereocenters. The lowest BCUT2D eigenvalue weighted by atomic mass is 10.1. The summed E-state index contributed by atoms with van der Waals surface area (Å²) in [5, 5.41) is 19.9. The van der Waals surface area contributed by atoms with Crippen molar-refractivity contribution in [2.75, 3.05) is 25.1 Å². The van der Waals surface area contributed by atoms with Crippen LogP contribution in [0.1, 0.15) is 24.0 Å². The van der Waals surface area contributed by atoms with Gasteiger partial charge in [0, 0.05) is 13.1 Å². The van der Waals surface area contributed by atoms with E-state index in [0.717, 1.165) is 37.1 Å². The Labute approximate surface area is 146 Å². The van der Waals surface area contributed by atoms with Crippen LogP contribution in [0.4, 0.5) is 5.69 Å². The highest BCUT2D eigenvalue weighted by atomic mass is 16.5. The first-order chi connectivity index (χ1) is 11.9. The van der Waals surface area contributed by atoms with Gasteiger partial charge in [0.25, 0.3) is 5.91 Å². The first-order valence-corrected chi connectivity index (χ1v) is 8.02. The second-order valence-electron chi connectivity index (χ2n) is 5.91. The van der Waals surface area contributed by atoms with E-state index in [4.69, 9.17) is 21.1 Å². The van der Waals surface area contributed by atoms with Crippen LogP contribution in [0.25, 0.3) is 0 Å². The fourth-order valence-corrected chi connectivity index (χ4v) is 2.70. The van der Waals surface area contributed by atoms with Crippen LogP contribution in [0, 0.1) is 30.6 Å². The molecule has 1 aromatic carbocycles. The van der Waals surface area contributed by atoms with Crippen molar-refractivity contribution < 1.29 is 9.53 Å². The number of amidine groups is 1. The second kappa shape index (κ2) is 8.15. The van der Waals surface area contributed by atoms with Crippen LogP contribution in [0.2, 0.25) is 0 Å². The van der Waals surface area contributed by atoms with Gasteiger partial charge < -0.3 is 15.4 Å². The van der Waals surface area contributed by atoms with Crippen molar-refractivity contribution >= 4 is 23.1 Å². The number of nitrogens with one attached hydrogen (secondary N) is 2. The van der Waals surface area contributed by atoms with Gasteiger partial charge in [0.05, 0.1) is 5.69 Å². The number of aryl methyl sites for hydroxylation is 2. The van der Waals surface area contributed by atoms with E-state index in [1.165, 1.54) is 0 Å². The van der Waals surface area contributed by atoms with Crippen LogP contribution in [-0.4, -0.2) is 42.1 Å². The molecule has 0 bridgehead atoms. The molecule has 1 aromatic rings. The Balaban J connectivity index is 2.05. The van der Waals surface area contributed by atoms with Gasteiger partial charge in [-0.2, -0.15) is 10.4 Å². The van der Waals surface area contributed by atoms with Gasteiger partial charge in [-0.3, -0.25) is 15.6 Å². The number of ether oxygens (including phenoxy) is 1. The molecular formula is C17H22N6O2. The molecule has 0 aliphatic carbocycles. The summed E-state index contributed by atoms with van der Waals surface area (Å²) >= 11 is 0. The van der Waals surface area contributed by atoms with Gasteiger partial charge in [-0.1, -0.05) is 0 Å². The summed E-state index contributed by atoms with van der Waals surface area (Å²) < 4.78 is 5.72. The molecule has 8 nitrogen and oxygen atoms in total. The molecule has 4 N–H and O–H groups in total. The Hall–Kier alpha value is -3.08. The maximum absolute atomic E-state index is 12.1. The number of nitrogens with zero attached hydrogens (tertiary/aromatic N) is 3. The summed E-state index contributed by atoms with van der Waals surface area (Å²) in [6.45, 7) is 5.37. The third kappa shape index (κ3) is 4.70. The third-order valence-electron chi connectivity index (χ3n) is 3.92. The predicted octanol–water partition coefficient (Wildman–Crippen LogP) is 1.53. The highest BCUT2D eigenvalue weighted by Crippen LogP contribution is 2.27. The average Bonchev–Trinajstić information content (AvgIpc) is 3.08. The number of nitrogens with two attached hydrogens (primary N) is 1. The highest BCUT2D eigenvalue weighted by Gasteiger charge is 2.19. The molecule has 0 radical (unpaired) electrons. The minimum atomic E-state index is -0.399. The van der Waals surface area contributed by atoms with E-state index in [1.807, 2.05) is 18.7 Å². The molecular weight excluding hydrogens is 320 g/mol. The molecule has 1 amide bonds. The number of nitriles is 1. The maximum Gasteiger partial charge on any atom is 0.260 e. The molecule has 8 heteroatoms. The lowest BCUT2D eigenvalue weighted by Crippen LogP contribution is -2.32. The largest absolute Gasteiger partial charge is 0.483 e. The molecule has 0 saturated carbocycles. The number of hydrazone groups is 1. The second-order valence-corrected chi connectivity index (χ2v) is 5.91. The Bertz CT molecular complexity index is 721. The first-order valence-electron chi connectivity index (χ1n) is 8.02. The van der Waals surface area contributed by atoms with Gasteiger partial charge in [-0.15, -0.1) is 0 Å². The van der Waals surface area contributed by atoms with Crippen LogP contribution in [0.3, 0.4) is 0 Å². The monoisotopic (exact) mass is 342 g/mol. The summed E-state index contributed by atoms with van der Waals surface area (Å²) in [6, 6.07) is 5.33. The van der Waals surface area contributed by atoms with E-state index in [1.54, 1.807) is 18.2 Å². The molecule has 132 valence electrons. The number of likely N-dealkylation sites (tertiary alicyclic amines) is 1. The molecule has 1 heterocycles. The first kappa shape index (κ1) is 18.3. The van der Waals surface area contributed by atoms with Crippen LogP contribution < -0.4 is 15.9 Å². The summed E-state index contributed by atoms with van der Waals surface area (Å²) in [4.78, 5) is 13.9. The predicted molar refractivity (Wildman–Crippen MR) is 95.8 cm³/mol. The Kier molecular flexibility index (Phi) is 5.95. The van der Waals surface area contributed by atoms with E-state index >= 15 is 0 Å². The fraction of sp³-hybridized carbons (Fsp3) is 0.412. The van der Waals surface area contributed by atoms with E-state index in [9.17, 15) is 4.79 Å². The number of rotatable bonds is 6. The molecule has 1 aliphatic rings. The quantitative estimate of drug-likeness (QED) is 0.410. The smallest absolute Gasteiger partial charge is 0.260 e. The average molecular weight is 342 g/mol. The van der Waals surface area contributed by atoms with Crippen LogP contribution >= 0.6 is 0 Å². The Morgan fingerprint density at radius 1 is 1.40 bits per heavy atom. The standard InChI is InChI=1S/C17H22N6O2/c1-11-7-13(21-22-14(9-18)17(19)20)8-12(2)16(11)25-10-15(24)23-5-3-4-6-23/h7-8,21H,3-6,10H2,1-2H3,(H3,19,20)/b22-14+. The van der Waals surface area contributed by atoms with E-state index < -0.39 is 5.84 Å². The van der Waals surface area contributed by atoms with E-state index in [2.05, 4.69) is 10.5 Å². The highest BCUT2D eigenvalue weighted by molar-refractivity contribution is 6.45. The van der Waals surface area contributed by atoms with Gasteiger partial charge >= 0.3 is 0 Å². The minimum absolute atomic E-state index is 0.00298. The molecule has 25 heavy (non-hydrogen) atoms. The number of anilines is 1. The van der Waals surface area contributed by atoms with Gasteiger partial charge in [0.1, 0.15) is 11.8 Å². The maximum atomic E-state index is 12.1. The summed E-state index contributed by atoms with van der Waals surface area (Å²) in [7, 11) is 0. The van der Waals surface area contributed by atoms with Crippen molar-refractivity contribution in [2.24, 2.45) is 10.8 Å². The number of hydrogen-bond donors (Lipinski definition) is 3. The van der Waals surface area contributed by atoms with Crippen LogP contribution in [0.15, 0.2) is 17.2 Å². The van der Waals surface area contributed by atoms with Gasteiger partial charge in [-0.25, -0.2) is 0 Å². The lowest BCUT2D eigenvalue weighted by Gasteiger charge is -2.18. The number of carbonyl (C=O) groups is 1. The Morgan fingerprint density at radius 2 is 2.00 bits per heavy atom. The summed E-state index contributed by atoms with van der Waals surface area (Å²) in [5.41, 5.74) is 10.1. The topological polar surface area (TPSA) is 128 Å². The normalized spacial score (nSPS) is 14.1. The van der Waals surface area contributed by atoms with Crippen LogP contribution in [-0.2, 0) is 4.79 Å². The fourth-order valence-electron chi connectivity index (χ4n) is 2.70. The van der Waals surface area contributed by atoms with Crippen molar-refractivity contribution in [1.82, 2.24) is 4.90 Å². The molecule has 1 saturated heterocycles. The summed E-state index contributed by atoms with van der Waals surface area (Å²) in [6.07, 6.45) is 2.10. The zero-order valence-electron chi connectivity index (χ0n) is 14.4. The summed E-state index contributed by atoms with van der Waals surface area (Å²) in [5.74, 6) is 0.265. The SMILES string of the molecule is Cc1cc(N/N=C(\C#N)C(=N)N)cc(C)c1OCC(=O)N1CCCC1. The lowest BCUT2D eigenvalue weighted by molar-refractivity contribution is -0.132. The molecule has 1 fully saturated rings. The number of amides is 1. The zero-order valence-corrected chi connectivity index (χ0v) is 14.4. The van der Waals surface area contributed by atoms with Gasteiger partial charge in [-0.05, 0) is 49.9 Å². The molecule has 0 spiro atoms. The molecule has 0 aromatic heterocycles. The molecule has 2 rings (SSSR count). The Morgan fingerprint density at radius 3 is 2.52 bits per heavy atom. The van der Waals surface area contributed by atoms with Gasteiger partial charge in [0.2, 0.25) is 5.71 Å². The third-order valence-corrected chi connectivity index (χ3v) is 3.92. The van der Waals surface area contributed by atoms with Crippen molar-refractivity contribution in [1.29, 1.82) is 10.7 Å². The van der Waals surface area contributed by atoms with E-state index in [-0.39, 0.29) is 18.2 Å². The number of hydrogen-bond acceptors (Lipinski definition) is 6. The number of benzene rings is 1. The van der Waals surface area contributed by atoms with Crippen molar-refractivity contribution in [3.63, 3.8) is 0 Å². The van der Waals surface area contributed by atoms with Crippen molar-refractivity contribution in [3.8, 4) is 11.8 Å². The van der Waals surface area contributed by atoms with Crippen LogP contribution in [0.5, 0.6) is 5.75 Å².